The van der Waals surface area contributed by atoms with Crippen molar-refractivity contribution in [2.75, 3.05) is 13.2 Å². The van der Waals surface area contributed by atoms with Gasteiger partial charge in [0.1, 0.15) is 6.61 Å². The number of halogens is 3. The molecule has 0 bridgehead atoms. The molecule has 0 saturated carbocycles. The average molecular weight is 350 g/mol. The molecule has 0 aliphatic heterocycles. The first-order chi connectivity index (χ1) is 8.49. The topological polar surface area (TPSA) is 77.3 Å². The first-order valence-corrected chi connectivity index (χ1v) is 10.2. The molecule has 0 N–H and O–H groups in total. The summed E-state index contributed by atoms with van der Waals surface area (Å²) in [5.74, 6) is 0. The summed E-state index contributed by atoms with van der Waals surface area (Å²) < 4.78 is 7.45. The van der Waals surface area contributed by atoms with Crippen LogP contribution in [0, 0.1) is 0 Å². The summed E-state index contributed by atoms with van der Waals surface area (Å²) in [7, 11) is -1.29. The van der Waals surface area contributed by atoms with Crippen LogP contribution in [0.4, 0.5) is 9.59 Å². The smallest absolute Gasteiger partial charge is 0.447 e. The van der Waals surface area contributed by atoms with E-state index in [0.29, 0.717) is 0 Å². The molecule has 110 valence electrons. The molecule has 0 unspecified atom stereocenters. The molecular weight excluding hydrogens is 335 g/mol. The summed E-state index contributed by atoms with van der Waals surface area (Å²) in [4.78, 5) is 22.0. The Bertz CT molecular complexity index is 352. The molecule has 19 heavy (non-hydrogen) atoms. The lowest BCUT2D eigenvalue weighted by Crippen LogP contribution is -2.22. The molecule has 10 heteroatoms. The Kier molecular flexibility index (Phi) is 7.88. The molecule has 0 aromatic heterocycles. The van der Waals surface area contributed by atoms with Gasteiger partial charge >= 0.3 is 12.2 Å². The third-order valence-corrected chi connectivity index (χ3v) is 3.68. The fraction of sp³-hybridized carbons (Fsp3) is 0.778. The van der Waals surface area contributed by atoms with Crippen molar-refractivity contribution in [2.24, 2.45) is 10.2 Å². The number of rotatable bonds is 4. The number of amides is 2. The molecular formula is C9H15Cl3N2O4Si. The van der Waals surface area contributed by atoms with Gasteiger partial charge in [0.15, 0.2) is 0 Å². The molecule has 0 rings (SSSR count). The lowest BCUT2D eigenvalue weighted by atomic mass is 10.8. The van der Waals surface area contributed by atoms with E-state index in [1.54, 1.807) is 0 Å². The molecule has 0 fully saturated rings. The number of ether oxygens (including phenoxy) is 2. The summed E-state index contributed by atoms with van der Waals surface area (Å²) in [5.41, 5.74) is 0. The fourth-order valence-corrected chi connectivity index (χ4v) is 1.61. The quantitative estimate of drug-likeness (QED) is 0.427. The largest absolute Gasteiger partial charge is 0.452 e. The van der Waals surface area contributed by atoms with Crippen molar-refractivity contribution in [1.82, 2.24) is 0 Å². The molecule has 6 nitrogen and oxygen atoms in total. The molecule has 0 aliphatic rings. The van der Waals surface area contributed by atoms with E-state index in [4.69, 9.17) is 39.5 Å². The second-order valence-electron chi connectivity index (χ2n) is 4.79. The Balaban J connectivity index is 3.92. The maximum absolute atomic E-state index is 11.1. The second-order valence-corrected chi connectivity index (χ2v) is 12.9. The van der Waals surface area contributed by atoms with E-state index in [0.717, 1.165) is 6.04 Å². The average Bonchev–Trinajstić information content (AvgIpc) is 2.20. The van der Waals surface area contributed by atoms with Gasteiger partial charge in [0.25, 0.3) is 0 Å². The Labute approximate surface area is 127 Å². The number of hydrogen-bond acceptors (Lipinski definition) is 4. The monoisotopic (exact) mass is 348 g/mol. The zero-order valence-corrected chi connectivity index (χ0v) is 14.1. The first kappa shape index (κ1) is 18.6. The first-order valence-electron chi connectivity index (χ1n) is 5.32. The minimum absolute atomic E-state index is 0.247. The van der Waals surface area contributed by atoms with Gasteiger partial charge in [-0.05, 0) is 6.04 Å². The standard InChI is InChI=1S/C9H15Cl3N2O4Si/c1-19(2,3)5-4-17-7(15)13-14-8(16)18-6-9(10,11)12/h4-6H2,1-3H3/b14-13+. The number of nitrogens with zero attached hydrogens (tertiary/aromatic N) is 2. The Morgan fingerprint density at radius 2 is 1.53 bits per heavy atom. The molecule has 0 aromatic rings. The van der Waals surface area contributed by atoms with Gasteiger partial charge in [0, 0.05) is 8.07 Å². The summed E-state index contributed by atoms with van der Waals surface area (Å²) in [6.07, 6.45) is -2.09. The molecule has 0 atom stereocenters. The zero-order chi connectivity index (χ0) is 15.1. The van der Waals surface area contributed by atoms with Crippen LogP contribution >= 0.6 is 34.8 Å². The van der Waals surface area contributed by atoms with Crippen LogP contribution in [0.15, 0.2) is 10.2 Å². The van der Waals surface area contributed by atoms with Crippen LogP contribution in [0.25, 0.3) is 0 Å². The van der Waals surface area contributed by atoms with E-state index >= 15 is 0 Å². The van der Waals surface area contributed by atoms with Gasteiger partial charge in [-0.15, -0.1) is 0 Å². The van der Waals surface area contributed by atoms with Crippen molar-refractivity contribution in [3.05, 3.63) is 0 Å². The van der Waals surface area contributed by atoms with Crippen molar-refractivity contribution in [2.45, 2.75) is 29.5 Å². The van der Waals surface area contributed by atoms with E-state index in [1.165, 1.54) is 0 Å². The highest BCUT2D eigenvalue weighted by atomic mass is 35.6. The van der Waals surface area contributed by atoms with Gasteiger partial charge in [-0.3, -0.25) is 0 Å². The van der Waals surface area contributed by atoms with Crippen molar-refractivity contribution in [3.63, 3.8) is 0 Å². The number of azo groups is 1. The molecule has 0 spiro atoms. The predicted octanol–water partition coefficient (Wildman–Crippen LogP) is 4.42. The van der Waals surface area contributed by atoms with Gasteiger partial charge in [-0.1, -0.05) is 64.7 Å². The second kappa shape index (κ2) is 8.03. The highest BCUT2D eigenvalue weighted by molar-refractivity contribution is 6.76. The van der Waals surface area contributed by atoms with E-state index < -0.39 is 30.7 Å². The van der Waals surface area contributed by atoms with Crippen LogP contribution in [0.2, 0.25) is 25.7 Å². The molecule has 0 aliphatic carbocycles. The van der Waals surface area contributed by atoms with Crippen molar-refractivity contribution < 1.29 is 19.1 Å². The van der Waals surface area contributed by atoms with Crippen LogP contribution in [-0.2, 0) is 9.47 Å². The summed E-state index contributed by atoms with van der Waals surface area (Å²) in [6, 6.07) is 0.798. The van der Waals surface area contributed by atoms with Gasteiger partial charge in [-0.2, -0.15) is 0 Å². The molecule has 0 radical (unpaired) electrons. The van der Waals surface area contributed by atoms with E-state index in [-0.39, 0.29) is 6.61 Å². The summed E-state index contributed by atoms with van der Waals surface area (Å²) >= 11 is 16.0. The SMILES string of the molecule is C[Si](C)(C)CCOC(=O)/N=N/C(=O)OCC(Cl)(Cl)Cl. The Hall–Kier alpha value is -0.373. The van der Waals surface area contributed by atoms with Gasteiger partial charge < -0.3 is 9.47 Å². The van der Waals surface area contributed by atoms with Crippen LogP contribution in [0.5, 0.6) is 0 Å². The van der Waals surface area contributed by atoms with Crippen LogP contribution in [0.1, 0.15) is 0 Å². The lowest BCUT2D eigenvalue weighted by Gasteiger charge is -2.14. The third-order valence-electron chi connectivity index (χ3n) is 1.65. The van der Waals surface area contributed by atoms with Crippen LogP contribution in [0.3, 0.4) is 0 Å². The fourth-order valence-electron chi connectivity index (χ4n) is 0.727. The maximum atomic E-state index is 11.1. The van der Waals surface area contributed by atoms with Crippen molar-refractivity contribution in [3.8, 4) is 0 Å². The number of carbonyl (C=O) groups excluding carboxylic acids is 2. The van der Waals surface area contributed by atoms with Gasteiger partial charge in [0.2, 0.25) is 3.79 Å². The minimum atomic E-state index is -1.73. The van der Waals surface area contributed by atoms with Crippen LogP contribution < -0.4 is 0 Å². The highest BCUT2D eigenvalue weighted by Crippen LogP contribution is 2.25. The summed E-state index contributed by atoms with van der Waals surface area (Å²) in [6.45, 7) is 6.17. The number of carbonyl (C=O) groups is 2. The van der Waals surface area contributed by atoms with Crippen LogP contribution in [-0.4, -0.2) is 37.3 Å². The predicted molar refractivity (Wildman–Crippen MR) is 76.0 cm³/mol. The van der Waals surface area contributed by atoms with E-state index in [2.05, 4.69) is 34.6 Å². The highest BCUT2D eigenvalue weighted by Gasteiger charge is 2.22. The van der Waals surface area contributed by atoms with E-state index in [9.17, 15) is 9.59 Å². The van der Waals surface area contributed by atoms with Gasteiger partial charge in [-0.25, -0.2) is 9.59 Å². The third kappa shape index (κ3) is 13.9. The minimum Gasteiger partial charge on any atom is -0.447 e. The lowest BCUT2D eigenvalue weighted by molar-refractivity contribution is 0.150. The van der Waals surface area contributed by atoms with Crippen molar-refractivity contribution in [1.29, 1.82) is 0 Å². The Morgan fingerprint density at radius 3 is 1.95 bits per heavy atom. The molecule has 0 aromatic carbocycles. The normalized spacial score (nSPS) is 12.5. The number of hydrogen-bond donors (Lipinski definition) is 0. The Morgan fingerprint density at radius 1 is 1.05 bits per heavy atom. The van der Waals surface area contributed by atoms with Crippen molar-refractivity contribution >= 4 is 55.1 Å². The molecule has 0 saturated heterocycles. The summed E-state index contributed by atoms with van der Waals surface area (Å²) in [5, 5.41) is 5.99. The van der Waals surface area contributed by atoms with Gasteiger partial charge in [0.05, 0.1) is 6.61 Å². The number of alkyl halides is 3. The zero-order valence-electron chi connectivity index (χ0n) is 10.8. The molecule has 0 heterocycles. The molecule has 2 amide bonds. The maximum Gasteiger partial charge on any atom is 0.452 e. The van der Waals surface area contributed by atoms with E-state index in [1.807, 2.05) is 0 Å².